The van der Waals surface area contributed by atoms with Gasteiger partial charge in [0, 0.05) is 34.6 Å². The molecule has 0 aliphatic heterocycles. The Morgan fingerprint density at radius 2 is 1.59 bits per heavy atom. The first kappa shape index (κ1) is 11.2. The summed E-state index contributed by atoms with van der Waals surface area (Å²) in [5.74, 6) is 0. The van der Waals surface area contributed by atoms with E-state index in [1.807, 2.05) is 26.1 Å². The van der Waals surface area contributed by atoms with Crippen LogP contribution in [0.25, 0.3) is 42.2 Å². The van der Waals surface area contributed by atoms with Gasteiger partial charge in [-0.25, -0.2) is 4.57 Å². The van der Waals surface area contributed by atoms with E-state index in [0.717, 1.165) is 47.8 Å². The minimum Gasteiger partial charge on any atom is -0.200 e. The van der Waals surface area contributed by atoms with Gasteiger partial charge in [-0.2, -0.15) is 0 Å². The van der Waals surface area contributed by atoms with Crippen LogP contribution >= 0.6 is 11.3 Å². The Hall–Kier alpha value is -2.71. The molecule has 0 amide bonds. The number of fused-ring (bicyclic) bond motifs is 4. The molecule has 2 heterocycles. The highest BCUT2D eigenvalue weighted by Crippen LogP contribution is 2.37. The van der Waals surface area contributed by atoms with Crippen LogP contribution in [0.5, 0.6) is 0 Å². The van der Waals surface area contributed by atoms with Gasteiger partial charge in [-0.15, -0.1) is 11.3 Å². The summed E-state index contributed by atoms with van der Waals surface area (Å²) < 4.78 is 50.5. The molecule has 0 fully saturated rings. The molecule has 0 saturated carbocycles. The Kier molecular flexibility index (Phi) is 2.45. The van der Waals surface area contributed by atoms with Crippen molar-refractivity contribution in [3.05, 3.63) is 77.5 Å². The molecule has 5 rings (SSSR count). The summed E-state index contributed by atoms with van der Waals surface area (Å²) in [6, 6.07) is 17.0. The number of hydrogen-bond acceptors (Lipinski definition) is 1. The van der Waals surface area contributed by atoms with Crippen molar-refractivity contribution in [3.63, 3.8) is 0 Å². The molecule has 5 aromatic rings. The third-order valence-corrected chi connectivity index (χ3v) is 6.30. The van der Waals surface area contributed by atoms with Gasteiger partial charge in [0.15, 0.2) is 6.20 Å². The normalized spacial score (nSPS) is 15.9. The molecule has 0 saturated heterocycles. The molecule has 0 bridgehead atoms. The lowest BCUT2D eigenvalue weighted by Crippen LogP contribution is -2.30. The predicted molar refractivity (Wildman–Crippen MR) is 118 cm³/mol. The van der Waals surface area contributed by atoms with Crippen LogP contribution in [0.4, 0.5) is 0 Å². The highest BCUT2D eigenvalue weighted by atomic mass is 32.1. The van der Waals surface area contributed by atoms with Crippen LogP contribution in [-0.2, 0) is 7.05 Å². The van der Waals surface area contributed by atoms with E-state index >= 15 is 0 Å². The van der Waals surface area contributed by atoms with Gasteiger partial charge in [0.1, 0.15) is 7.05 Å². The van der Waals surface area contributed by atoms with Gasteiger partial charge in [0.05, 0.1) is 5.39 Å². The van der Waals surface area contributed by atoms with Crippen molar-refractivity contribution in [1.82, 2.24) is 0 Å². The summed E-state index contributed by atoms with van der Waals surface area (Å²) in [6.45, 7) is -2.31. The molecule has 2 heteroatoms. The van der Waals surface area contributed by atoms with Crippen LogP contribution in [0, 0.1) is 20.6 Å². The minimum absolute atomic E-state index is 0.345. The molecule has 1 nitrogen and oxygen atoms in total. The molecule has 2 aromatic heterocycles. The van der Waals surface area contributed by atoms with Crippen molar-refractivity contribution in [2.45, 2.75) is 20.6 Å². The van der Waals surface area contributed by atoms with E-state index in [9.17, 15) is 0 Å². The first-order valence-electron chi connectivity index (χ1n) is 11.8. The number of rotatable bonds is 1. The summed E-state index contributed by atoms with van der Waals surface area (Å²) in [5, 5.41) is 4.14. The number of nitrogens with zero attached hydrogens (tertiary/aromatic N) is 1. The van der Waals surface area contributed by atoms with Crippen molar-refractivity contribution in [2.24, 2.45) is 7.05 Å². The van der Waals surface area contributed by atoms with E-state index in [0.29, 0.717) is 11.1 Å². The van der Waals surface area contributed by atoms with Crippen LogP contribution < -0.4 is 4.57 Å². The number of pyridine rings is 1. The monoisotopic (exact) mass is 374 g/mol. The van der Waals surface area contributed by atoms with Crippen LogP contribution in [-0.4, -0.2) is 0 Å². The molecule has 0 unspecified atom stereocenters. The summed E-state index contributed by atoms with van der Waals surface area (Å²) in [7, 11) is 1.99. The van der Waals surface area contributed by atoms with Gasteiger partial charge in [0.2, 0.25) is 5.69 Å². The van der Waals surface area contributed by atoms with Gasteiger partial charge in [-0.05, 0) is 55.2 Å². The minimum atomic E-state index is -2.13. The maximum atomic E-state index is 7.71. The fraction of sp³-hybridized carbons (Fsp3) is 0.160. The van der Waals surface area contributed by atoms with E-state index in [-0.39, 0.29) is 0 Å². The molecule has 0 radical (unpaired) electrons. The molecule has 3 aromatic carbocycles. The zero-order chi connectivity index (χ0) is 23.7. The maximum Gasteiger partial charge on any atom is 0.213 e. The van der Waals surface area contributed by atoms with Crippen LogP contribution in [0.2, 0.25) is 0 Å². The first-order valence-corrected chi connectivity index (χ1v) is 9.65. The topological polar surface area (TPSA) is 3.88 Å². The van der Waals surface area contributed by atoms with Gasteiger partial charge in [-0.1, -0.05) is 41.5 Å². The standard InChI is InChI=1S/C25H22NS/c1-15-6-8-20(17(3)9-15)23-13-25-22(14-26(23)4)21-11-19-10-16(2)5-7-18(19)12-24(21)27-25/h5-14H,1-4H3/q+1/i1D3,2D3. The third kappa shape index (κ3) is 2.64. The average molecular weight is 375 g/mol. The predicted octanol–water partition coefficient (Wildman–Crippen LogP) is 6.62. The third-order valence-electron chi connectivity index (χ3n) is 5.19. The van der Waals surface area contributed by atoms with Crippen LogP contribution in [0.3, 0.4) is 0 Å². The van der Waals surface area contributed by atoms with Gasteiger partial charge < -0.3 is 0 Å². The van der Waals surface area contributed by atoms with Gasteiger partial charge in [0.25, 0.3) is 0 Å². The molecule has 0 aliphatic rings. The molecule has 0 atom stereocenters. The molecular weight excluding hydrogens is 346 g/mol. The fourth-order valence-corrected chi connectivity index (χ4v) is 4.97. The number of aryl methyl sites for hydroxylation is 4. The van der Waals surface area contributed by atoms with E-state index in [1.165, 1.54) is 0 Å². The summed E-state index contributed by atoms with van der Waals surface area (Å²) in [5.41, 5.74) is 3.62. The molecule has 132 valence electrons. The van der Waals surface area contributed by atoms with Crippen molar-refractivity contribution in [3.8, 4) is 11.3 Å². The zero-order valence-corrected chi connectivity index (χ0v) is 15.9. The van der Waals surface area contributed by atoms with Gasteiger partial charge in [-0.3, -0.25) is 0 Å². The first-order chi connectivity index (χ1) is 15.4. The second kappa shape index (κ2) is 5.90. The molecular formula is C25H22NS+. The number of benzene rings is 3. The zero-order valence-electron chi connectivity index (χ0n) is 21.1. The number of hydrogen-bond donors (Lipinski definition) is 0. The van der Waals surface area contributed by atoms with Crippen LogP contribution in [0.1, 0.15) is 24.9 Å². The highest BCUT2D eigenvalue weighted by Gasteiger charge is 2.17. The Morgan fingerprint density at radius 3 is 2.41 bits per heavy atom. The SMILES string of the molecule is [2H]C([2H])([2H])c1ccc(-c2cc3sc4cc5ccc(C([2H])([2H])[2H])cc5cc4c3c[n+]2C)c(C)c1. The fourth-order valence-electron chi connectivity index (χ4n) is 3.83. The Morgan fingerprint density at radius 1 is 0.815 bits per heavy atom. The van der Waals surface area contributed by atoms with E-state index in [2.05, 4.69) is 29.0 Å². The lowest BCUT2D eigenvalue weighted by Gasteiger charge is -2.06. The summed E-state index contributed by atoms with van der Waals surface area (Å²) in [4.78, 5) is 0. The second-order valence-electron chi connectivity index (χ2n) is 7.09. The van der Waals surface area contributed by atoms with Crippen molar-refractivity contribution in [2.75, 3.05) is 0 Å². The quantitative estimate of drug-likeness (QED) is 0.290. The maximum absolute atomic E-state index is 7.71. The Labute approximate surface area is 171 Å². The molecule has 0 aliphatic carbocycles. The van der Waals surface area contributed by atoms with Crippen LogP contribution in [0.15, 0.2) is 60.8 Å². The van der Waals surface area contributed by atoms with Crippen molar-refractivity contribution in [1.29, 1.82) is 0 Å². The number of thiophene rings is 1. The lowest BCUT2D eigenvalue weighted by molar-refractivity contribution is -0.659. The van der Waals surface area contributed by atoms with Crippen molar-refractivity contribution < 1.29 is 12.8 Å². The molecule has 0 spiro atoms. The second-order valence-corrected chi connectivity index (χ2v) is 8.17. The largest absolute Gasteiger partial charge is 0.213 e. The van der Waals surface area contributed by atoms with E-state index in [1.54, 1.807) is 35.6 Å². The summed E-state index contributed by atoms with van der Waals surface area (Å²) >= 11 is 1.70. The average Bonchev–Trinajstić information content (AvgIpc) is 3.06. The van der Waals surface area contributed by atoms with E-state index in [4.69, 9.17) is 8.22 Å². The summed E-state index contributed by atoms with van der Waals surface area (Å²) in [6.07, 6.45) is 2.10. The highest BCUT2D eigenvalue weighted by molar-refractivity contribution is 7.25. The lowest BCUT2D eigenvalue weighted by atomic mass is 10.0. The molecule has 0 N–H and O–H groups in total. The smallest absolute Gasteiger partial charge is 0.200 e. The Balaban J connectivity index is 1.69. The van der Waals surface area contributed by atoms with Crippen molar-refractivity contribution >= 4 is 42.3 Å². The Bertz CT molecular complexity index is 1560. The molecule has 27 heavy (non-hydrogen) atoms. The van der Waals surface area contributed by atoms with Gasteiger partial charge >= 0.3 is 0 Å². The van der Waals surface area contributed by atoms with E-state index < -0.39 is 13.7 Å². The number of aromatic nitrogens is 1.